The van der Waals surface area contributed by atoms with Crippen molar-refractivity contribution in [2.24, 2.45) is 4.99 Å². The SMILES string of the molecule is CN=C(NC)NC1CCN(c2ccc(F)cc2F)C1. The Kier molecular flexibility index (Phi) is 4.19. The average molecular weight is 268 g/mol. The van der Waals surface area contributed by atoms with E-state index in [2.05, 4.69) is 15.6 Å². The van der Waals surface area contributed by atoms with E-state index in [4.69, 9.17) is 0 Å². The fourth-order valence-electron chi connectivity index (χ4n) is 2.28. The molecule has 0 amide bonds. The first-order chi connectivity index (χ1) is 9.13. The van der Waals surface area contributed by atoms with E-state index in [1.165, 1.54) is 12.1 Å². The molecule has 2 rings (SSSR count). The van der Waals surface area contributed by atoms with E-state index in [1.54, 1.807) is 14.1 Å². The summed E-state index contributed by atoms with van der Waals surface area (Å²) in [5.74, 6) is -0.351. The highest BCUT2D eigenvalue weighted by Crippen LogP contribution is 2.24. The summed E-state index contributed by atoms with van der Waals surface area (Å²) >= 11 is 0. The van der Waals surface area contributed by atoms with Crippen LogP contribution in [0.4, 0.5) is 14.5 Å². The van der Waals surface area contributed by atoms with Gasteiger partial charge in [-0.25, -0.2) is 8.78 Å². The molecule has 0 saturated carbocycles. The Morgan fingerprint density at radius 2 is 2.21 bits per heavy atom. The van der Waals surface area contributed by atoms with Crippen molar-refractivity contribution >= 4 is 11.6 Å². The van der Waals surface area contributed by atoms with Crippen LogP contribution < -0.4 is 15.5 Å². The van der Waals surface area contributed by atoms with Crippen molar-refractivity contribution < 1.29 is 8.78 Å². The summed E-state index contributed by atoms with van der Waals surface area (Å²) in [5, 5.41) is 6.20. The predicted molar refractivity (Wildman–Crippen MR) is 72.5 cm³/mol. The van der Waals surface area contributed by atoms with Crippen LogP contribution in [0.3, 0.4) is 0 Å². The predicted octanol–water partition coefficient (Wildman–Crippen LogP) is 1.34. The van der Waals surface area contributed by atoms with Crippen molar-refractivity contribution in [1.29, 1.82) is 0 Å². The van der Waals surface area contributed by atoms with E-state index in [0.29, 0.717) is 18.2 Å². The fraction of sp³-hybridized carbons (Fsp3) is 0.462. The average Bonchev–Trinajstić information content (AvgIpc) is 2.84. The third-order valence-electron chi connectivity index (χ3n) is 3.24. The molecule has 1 atom stereocenters. The van der Waals surface area contributed by atoms with Gasteiger partial charge in [-0.1, -0.05) is 0 Å². The molecule has 0 radical (unpaired) electrons. The van der Waals surface area contributed by atoms with Crippen molar-refractivity contribution in [2.45, 2.75) is 12.5 Å². The fourth-order valence-corrected chi connectivity index (χ4v) is 2.28. The van der Waals surface area contributed by atoms with E-state index < -0.39 is 11.6 Å². The van der Waals surface area contributed by atoms with Crippen LogP contribution in [0.25, 0.3) is 0 Å². The largest absolute Gasteiger partial charge is 0.367 e. The third-order valence-corrected chi connectivity index (χ3v) is 3.24. The standard InChI is InChI=1S/C13H18F2N4/c1-16-13(17-2)18-10-5-6-19(8-10)12-4-3-9(14)7-11(12)15/h3-4,7,10H,5-6,8H2,1-2H3,(H2,16,17,18). The lowest BCUT2D eigenvalue weighted by molar-refractivity contribution is 0.580. The molecule has 19 heavy (non-hydrogen) atoms. The summed E-state index contributed by atoms with van der Waals surface area (Å²) in [5.41, 5.74) is 0.449. The minimum absolute atomic E-state index is 0.204. The summed E-state index contributed by atoms with van der Waals surface area (Å²) < 4.78 is 26.6. The maximum atomic E-state index is 13.7. The van der Waals surface area contributed by atoms with Gasteiger partial charge in [0.1, 0.15) is 11.6 Å². The molecule has 1 aromatic rings. The Morgan fingerprint density at radius 3 is 2.84 bits per heavy atom. The molecule has 0 spiro atoms. The highest BCUT2D eigenvalue weighted by molar-refractivity contribution is 5.79. The molecule has 6 heteroatoms. The first-order valence-corrected chi connectivity index (χ1v) is 6.25. The quantitative estimate of drug-likeness (QED) is 0.628. The first-order valence-electron chi connectivity index (χ1n) is 6.25. The summed E-state index contributed by atoms with van der Waals surface area (Å²) in [7, 11) is 3.49. The van der Waals surface area contributed by atoms with Crippen LogP contribution in [0.1, 0.15) is 6.42 Å². The Hall–Kier alpha value is -1.85. The van der Waals surface area contributed by atoms with Gasteiger partial charge in [-0.3, -0.25) is 4.99 Å². The normalized spacial score (nSPS) is 19.7. The second-order valence-corrected chi connectivity index (χ2v) is 4.49. The van der Waals surface area contributed by atoms with Crippen LogP contribution in [0.2, 0.25) is 0 Å². The van der Waals surface area contributed by atoms with Gasteiger partial charge in [0, 0.05) is 39.3 Å². The minimum atomic E-state index is -0.550. The Balaban J connectivity index is 2.02. The number of hydrogen-bond acceptors (Lipinski definition) is 2. The Bertz CT molecular complexity index is 476. The third kappa shape index (κ3) is 3.13. The molecule has 0 aromatic heterocycles. The zero-order valence-corrected chi connectivity index (χ0v) is 11.1. The van der Waals surface area contributed by atoms with Gasteiger partial charge in [-0.15, -0.1) is 0 Å². The molecule has 0 aliphatic carbocycles. The molecule has 1 saturated heterocycles. The van der Waals surface area contributed by atoms with E-state index in [1.807, 2.05) is 4.90 Å². The van der Waals surface area contributed by atoms with E-state index >= 15 is 0 Å². The van der Waals surface area contributed by atoms with Gasteiger partial charge in [-0.2, -0.15) is 0 Å². The Morgan fingerprint density at radius 1 is 1.42 bits per heavy atom. The first kappa shape index (κ1) is 13.6. The molecular formula is C13H18F2N4. The summed E-state index contributed by atoms with van der Waals surface area (Å²) in [6, 6.07) is 3.89. The molecule has 104 valence electrons. The highest BCUT2D eigenvalue weighted by Gasteiger charge is 2.25. The van der Waals surface area contributed by atoms with Crippen LogP contribution in [-0.4, -0.2) is 39.2 Å². The molecule has 1 aliphatic heterocycles. The van der Waals surface area contributed by atoms with Gasteiger partial charge in [0.05, 0.1) is 5.69 Å². The van der Waals surface area contributed by atoms with Crippen LogP contribution in [0, 0.1) is 11.6 Å². The molecule has 4 nitrogen and oxygen atoms in total. The van der Waals surface area contributed by atoms with E-state index in [9.17, 15) is 8.78 Å². The van der Waals surface area contributed by atoms with Crippen LogP contribution in [-0.2, 0) is 0 Å². The summed E-state index contributed by atoms with van der Waals surface area (Å²) in [6.07, 6.45) is 0.886. The Labute approximate surface area is 111 Å². The molecular weight excluding hydrogens is 250 g/mol. The number of aliphatic imine (C=N–C) groups is 1. The van der Waals surface area contributed by atoms with Gasteiger partial charge < -0.3 is 15.5 Å². The molecule has 1 aromatic carbocycles. The maximum Gasteiger partial charge on any atom is 0.190 e. The van der Waals surface area contributed by atoms with Gasteiger partial charge in [0.15, 0.2) is 5.96 Å². The van der Waals surface area contributed by atoms with Crippen molar-refractivity contribution in [2.75, 3.05) is 32.1 Å². The van der Waals surface area contributed by atoms with Crippen molar-refractivity contribution in [1.82, 2.24) is 10.6 Å². The van der Waals surface area contributed by atoms with Gasteiger partial charge in [0.2, 0.25) is 0 Å². The van der Waals surface area contributed by atoms with Crippen molar-refractivity contribution in [3.63, 3.8) is 0 Å². The van der Waals surface area contributed by atoms with Crippen molar-refractivity contribution in [3.05, 3.63) is 29.8 Å². The van der Waals surface area contributed by atoms with E-state index in [0.717, 1.165) is 19.0 Å². The van der Waals surface area contributed by atoms with Gasteiger partial charge in [-0.05, 0) is 18.6 Å². The second kappa shape index (κ2) is 5.86. The number of rotatable bonds is 2. The number of halogens is 2. The number of hydrogen-bond donors (Lipinski definition) is 2. The molecule has 1 heterocycles. The zero-order valence-electron chi connectivity index (χ0n) is 11.1. The smallest absolute Gasteiger partial charge is 0.190 e. The van der Waals surface area contributed by atoms with Gasteiger partial charge >= 0.3 is 0 Å². The minimum Gasteiger partial charge on any atom is -0.367 e. The number of nitrogens with zero attached hydrogens (tertiary/aromatic N) is 2. The molecule has 1 aliphatic rings. The lowest BCUT2D eigenvalue weighted by atomic mass is 10.2. The molecule has 1 fully saturated rings. The number of benzene rings is 1. The lowest BCUT2D eigenvalue weighted by Gasteiger charge is -2.20. The number of anilines is 1. The molecule has 2 N–H and O–H groups in total. The number of guanidine groups is 1. The van der Waals surface area contributed by atoms with Crippen molar-refractivity contribution in [3.8, 4) is 0 Å². The lowest BCUT2D eigenvalue weighted by Crippen LogP contribution is -2.43. The molecule has 1 unspecified atom stereocenters. The maximum absolute atomic E-state index is 13.7. The van der Waals surface area contributed by atoms with Crippen LogP contribution in [0.5, 0.6) is 0 Å². The molecule has 0 bridgehead atoms. The van der Waals surface area contributed by atoms with Crippen LogP contribution in [0.15, 0.2) is 23.2 Å². The summed E-state index contributed by atoms with van der Waals surface area (Å²) in [6.45, 7) is 1.41. The van der Waals surface area contributed by atoms with Gasteiger partial charge in [0.25, 0.3) is 0 Å². The highest BCUT2D eigenvalue weighted by atomic mass is 19.1. The topological polar surface area (TPSA) is 39.7 Å². The second-order valence-electron chi connectivity index (χ2n) is 4.49. The van der Waals surface area contributed by atoms with Crippen LogP contribution >= 0.6 is 0 Å². The summed E-state index contributed by atoms with van der Waals surface area (Å²) in [4.78, 5) is 5.96. The number of nitrogens with one attached hydrogen (secondary N) is 2. The van der Waals surface area contributed by atoms with E-state index in [-0.39, 0.29) is 6.04 Å². The monoisotopic (exact) mass is 268 g/mol. The zero-order chi connectivity index (χ0) is 13.8.